The van der Waals surface area contributed by atoms with E-state index >= 15 is 0 Å². The van der Waals surface area contributed by atoms with E-state index in [1.807, 2.05) is 0 Å². The van der Waals surface area contributed by atoms with Gasteiger partial charge in [0.1, 0.15) is 5.56 Å². The average Bonchev–Trinajstić information content (AvgIpc) is 2.30. The van der Waals surface area contributed by atoms with Gasteiger partial charge in [-0.15, -0.1) is 0 Å². The van der Waals surface area contributed by atoms with E-state index in [2.05, 4.69) is 4.98 Å². The Morgan fingerprint density at radius 1 is 1.44 bits per heavy atom. The highest BCUT2D eigenvalue weighted by atomic mass is 16.2. The summed E-state index contributed by atoms with van der Waals surface area (Å²) in [5, 5.41) is 0. The average molecular weight is 221 g/mol. The van der Waals surface area contributed by atoms with Gasteiger partial charge < -0.3 is 15.6 Å². The van der Waals surface area contributed by atoms with Crippen molar-refractivity contribution in [3.8, 4) is 0 Å². The minimum Gasteiger partial charge on any atom is -0.367 e. The van der Waals surface area contributed by atoms with Gasteiger partial charge in [-0.2, -0.15) is 0 Å². The first-order valence-corrected chi connectivity index (χ1v) is 5.40. The Bertz CT molecular complexity index is 433. The highest BCUT2D eigenvalue weighted by molar-refractivity contribution is 5.93. The number of nitrogens with two attached hydrogens (primary N) is 1. The van der Waals surface area contributed by atoms with Crippen molar-refractivity contribution in [3.63, 3.8) is 0 Å². The van der Waals surface area contributed by atoms with Crippen molar-refractivity contribution in [2.75, 3.05) is 13.1 Å². The molecule has 0 atom stereocenters. The van der Waals surface area contributed by atoms with Crippen molar-refractivity contribution in [3.05, 3.63) is 34.2 Å². The Balaban J connectivity index is 2.14. The first-order valence-electron chi connectivity index (χ1n) is 5.40. The van der Waals surface area contributed by atoms with Crippen molar-refractivity contribution in [1.82, 2.24) is 9.88 Å². The van der Waals surface area contributed by atoms with Crippen LogP contribution in [0.1, 0.15) is 23.2 Å². The second-order valence-corrected chi connectivity index (χ2v) is 4.05. The third kappa shape index (κ3) is 2.14. The lowest BCUT2D eigenvalue weighted by Gasteiger charge is -2.29. The maximum absolute atomic E-state index is 12.0. The topological polar surface area (TPSA) is 79.2 Å². The third-order valence-corrected chi connectivity index (χ3v) is 2.88. The molecule has 2 rings (SSSR count). The van der Waals surface area contributed by atoms with Crippen LogP contribution < -0.4 is 11.2 Å². The zero-order chi connectivity index (χ0) is 11.5. The minimum absolute atomic E-state index is 0.179. The summed E-state index contributed by atoms with van der Waals surface area (Å²) in [5.74, 6) is -0.200. The van der Waals surface area contributed by atoms with Crippen LogP contribution in [0.2, 0.25) is 0 Å². The van der Waals surface area contributed by atoms with Gasteiger partial charge >= 0.3 is 0 Å². The van der Waals surface area contributed by atoms with Gasteiger partial charge in [-0.1, -0.05) is 0 Å². The van der Waals surface area contributed by atoms with Gasteiger partial charge in [0.25, 0.3) is 5.91 Å². The van der Waals surface area contributed by atoms with Crippen LogP contribution in [0.5, 0.6) is 0 Å². The van der Waals surface area contributed by atoms with Gasteiger partial charge in [-0.05, 0) is 12.8 Å². The molecule has 1 amide bonds. The number of nitrogens with one attached hydrogen (secondary N) is 1. The summed E-state index contributed by atoms with van der Waals surface area (Å²) in [6.45, 7) is 1.27. The predicted molar refractivity (Wildman–Crippen MR) is 60.2 cm³/mol. The smallest absolute Gasteiger partial charge is 0.259 e. The molecule has 0 unspecified atom stereocenters. The molecule has 1 fully saturated rings. The predicted octanol–water partition coefficient (Wildman–Crippen LogP) is -0.0618. The van der Waals surface area contributed by atoms with Crippen LogP contribution in [-0.4, -0.2) is 34.9 Å². The molecule has 2 heterocycles. The summed E-state index contributed by atoms with van der Waals surface area (Å²) < 4.78 is 0. The molecule has 1 aromatic rings. The van der Waals surface area contributed by atoms with E-state index < -0.39 is 0 Å². The van der Waals surface area contributed by atoms with E-state index in [9.17, 15) is 9.59 Å². The summed E-state index contributed by atoms with van der Waals surface area (Å²) in [5.41, 5.74) is 5.73. The molecule has 1 aromatic heterocycles. The van der Waals surface area contributed by atoms with Crippen LogP contribution in [0.3, 0.4) is 0 Å². The quantitative estimate of drug-likeness (QED) is 0.697. The van der Waals surface area contributed by atoms with Gasteiger partial charge in [0.15, 0.2) is 5.43 Å². The van der Waals surface area contributed by atoms with Crippen LogP contribution in [0.25, 0.3) is 0 Å². The first-order chi connectivity index (χ1) is 7.68. The van der Waals surface area contributed by atoms with Crippen LogP contribution in [0.4, 0.5) is 0 Å². The van der Waals surface area contributed by atoms with E-state index in [1.54, 1.807) is 4.90 Å². The van der Waals surface area contributed by atoms with E-state index in [1.165, 1.54) is 18.5 Å². The molecule has 0 radical (unpaired) electrons. The number of H-pyrrole nitrogens is 1. The number of piperidine rings is 1. The molecular weight excluding hydrogens is 206 g/mol. The highest BCUT2D eigenvalue weighted by Gasteiger charge is 2.22. The SMILES string of the molecule is NC1CCN(C(=O)c2c[nH]ccc2=O)CC1. The lowest BCUT2D eigenvalue weighted by molar-refractivity contribution is 0.0713. The highest BCUT2D eigenvalue weighted by Crippen LogP contribution is 2.10. The Hall–Kier alpha value is -1.62. The first kappa shape index (κ1) is 10.9. The largest absolute Gasteiger partial charge is 0.367 e. The molecule has 86 valence electrons. The fraction of sp³-hybridized carbons (Fsp3) is 0.455. The number of rotatable bonds is 1. The van der Waals surface area contributed by atoms with Crippen LogP contribution in [0, 0.1) is 0 Å². The lowest BCUT2D eigenvalue weighted by Crippen LogP contribution is -2.44. The number of nitrogens with zero attached hydrogens (tertiary/aromatic N) is 1. The molecule has 1 aliphatic rings. The molecule has 1 aliphatic heterocycles. The summed E-state index contributed by atoms with van der Waals surface area (Å²) in [4.78, 5) is 27.9. The molecule has 0 saturated carbocycles. The van der Waals surface area contributed by atoms with Crippen molar-refractivity contribution in [1.29, 1.82) is 0 Å². The fourth-order valence-electron chi connectivity index (χ4n) is 1.86. The van der Waals surface area contributed by atoms with Gasteiger partial charge in [-0.25, -0.2) is 0 Å². The van der Waals surface area contributed by atoms with Crippen LogP contribution in [-0.2, 0) is 0 Å². The number of aromatic nitrogens is 1. The summed E-state index contributed by atoms with van der Waals surface area (Å²) in [6.07, 6.45) is 4.58. The number of pyridine rings is 1. The number of likely N-dealkylation sites (tertiary alicyclic amines) is 1. The summed E-state index contributed by atoms with van der Waals surface area (Å²) >= 11 is 0. The Morgan fingerprint density at radius 3 is 2.75 bits per heavy atom. The second kappa shape index (κ2) is 4.49. The number of hydrogen-bond donors (Lipinski definition) is 2. The molecule has 0 aromatic carbocycles. The molecule has 0 bridgehead atoms. The number of amides is 1. The Kier molecular flexibility index (Phi) is 3.05. The molecule has 0 spiro atoms. The molecular formula is C11H15N3O2. The zero-order valence-corrected chi connectivity index (χ0v) is 8.98. The minimum atomic E-state index is -0.237. The Labute approximate surface area is 93.3 Å². The summed E-state index contributed by atoms with van der Waals surface area (Å²) in [7, 11) is 0. The monoisotopic (exact) mass is 221 g/mol. The van der Waals surface area contributed by atoms with Crippen molar-refractivity contribution in [2.45, 2.75) is 18.9 Å². The fourth-order valence-corrected chi connectivity index (χ4v) is 1.86. The molecule has 5 nitrogen and oxygen atoms in total. The second-order valence-electron chi connectivity index (χ2n) is 4.05. The molecule has 16 heavy (non-hydrogen) atoms. The number of hydrogen-bond acceptors (Lipinski definition) is 3. The van der Waals surface area contributed by atoms with Crippen LogP contribution in [0.15, 0.2) is 23.3 Å². The van der Waals surface area contributed by atoms with Gasteiger partial charge in [0.05, 0.1) is 0 Å². The van der Waals surface area contributed by atoms with E-state index in [0.29, 0.717) is 13.1 Å². The normalized spacial score (nSPS) is 17.4. The van der Waals surface area contributed by atoms with Crippen molar-refractivity contribution in [2.24, 2.45) is 5.73 Å². The van der Waals surface area contributed by atoms with E-state index in [4.69, 9.17) is 5.73 Å². The number of carbonyl (C=O) groups excluding carboxylic acids is 1. The third-order valence-electron chi connectivity index (χ3n) is 2.88. The molecule has 0 aliphatic carbocycles. The van der Waals surface area contributed by atoms with Gasteiger partial charge in [-0.3, -0.25) is 9.59 Å². The maximum atomic E-state index is 12.0. The van der Waals surface area contributed by atoms with Crippen molar-refractivity contribution < 1.29 is 4.79 Å². The Morgan fingerprint density at radius 2 is 2.12 bits per heavy atom. The maximum Gasteiger partial charge on any atom is 0.259 e. The number of aromatic amines is 1. The van der Waals surface area contributed by atoms with Crippen molar-refractivity contribution >= 4 is 5.91 Å². The lowest BCUT2D eigenvalue weighted by atomic mass is 10.1. The molecule has 1 saturated heterocycles. The van der Waals surface area contributed by atoms with Gasteiger partial charge in [0, 0.05) is 37.6 Å². The van der Waals surface area contributed by atoms with Gasteiger partial charge in [0.2, 0.25) is 0 Å². The summed E-state index contributed by atoms with van der Waals surface area (Å²) in [6, 6.07) is 1.54. The zero-order valence-electron chi connectivity index (χ0n) is 8.98. The standard InChI is InChI=1S/C11H15N3O2/c12-8-2-5-14(6-3-8)11(16)9-7-13-4-1-10(9)15/h1,4,7-8H,2-3,5-6,12H2,(H,13,15). The molecule has 5 heteroatoms. The number of carbonyl (C=O) groups is 1. The van der Waals surface area contributed by atoms with Crippen LogP contribution >= 0.6 is 0 Å². The van der Waals surface area contributed by atoms with E-state index in [-0.39, 0.29) is 22.9 Å². The van der Waals surface area contributed by atoms with E-state index in [0.717, 1.165) is 12.8 Å². The molecule has 3 N–H and O–H groups in total.